The molecule has 2 aromatic carbocycles. The Kier molecular flexibility index (Phi) is 7.82. The van der Waals surface area contributed by atoms with Gasteiger partial charge in [0.15, 0.2) is 6.10 Å². The first-order valence-corrected chi connectivity index (χ1v) is 12.8. The lowest BCUT2D eigenvalue weighted by Crippen LogP contribution is -2.51. The van der Waals surface area contributed by atoms with Gasteiger partial charge in [-0.15, -0.1) is 0 Å². The molecule has 0 aliphatic carbocycles. The van der Waals surface area contributed by atoms with Gasteiger partial charge in [0.2, 0.25) is 0 Å². The third-order valence-corrected chi connectivity index (χ3v) is 7.79. The molecule has 1 aliphatic rings. The topological polar surface area (TPSA) is 75.7 Å². The Hall–Kier alpha value is -2.54. The van der Waals surface area contributed by atoms with Crippen molar-refractivity contribution >= 4 is 21.6 Å². The van der Waals surface area contributed by atoms with Gasteiger partial charge in [-0.25, -0.2) is 8.42 Å². The molecule has 1 amide bonds. The van der Waals surface area contributed by atoms with Crippen LogP contribution < -0.4 is 14.4 Å². The fourth-order valence-electron chi connectivity index (χ4n) is 3.87. The van der Waals surface area contributed by atoms with Crippen LogP contribution in [0.25, 0.3) is 0 Å². The van der Waals surface area contributed by atoms with Crippen molar-refractivity contribution in [3.05, 3.63) is 53.6 Å². The van der Waals surface area contributed by atoms with E-state index >= 15 is 0 Å². The zero-order valence-electron chi connectivity index (χ0n) is 19.4. The van der Waals surface area contributed by atoms with Crippen molar-refractivity contribution in [2.45, 2.75) is 64.4 Å². The monoisotopic (exact) mass is 458 g/mol. The maximum atomic E-state index is 13.5. The SMILES string of the molecule is CCCC[C@@H](CC)CNC(=O)[C@@H]1CN(S(=O)(=O)c2ccc(C)cc2)c2cc(C)ccc2O1. The van der Waals surface area contributed by atoms with Gasteiger partial charge in [0.1, 0.15) is 5.75 Å². The molecule has 2 aromatic rings. The summed E-state index contributed by atoms with van der Waals surface area (Å²) in [5, 5.41) is 2.99. The Bertz CT molecular complexity index is 1030. The zero-order valence-corrected chi connectivity index (χ0v) is 20.2. The molecule has 2 atom stereocenters. The summed E-state index contributed by atoms with van der Waals surface area (Å²) < 4.78 is 34.3. The first kappa shape index (κ1) is 24.1. The van der Waals surface area contributed by atoms with E-state index in [1.54, 1.807) is 36.4 Å². The van der Waals surface area contributed by atoms with Crippen molar-refractivity contribution in [2.24, 2.45) is 5.92 Å². The van der Waals surface area contributed by atoms with Gasteiger partial charge in [0.05, 0.1) is 17.1 Å². The number of fused-ring (bicyclic) bond motifs is 1. The molecule has 0 fully saturated rings. The summed E-state index contributed by atoms with van der Waals surface area (Å²) in [4.78, 5) is 13.2. The molecule has 3 rings (SSSR count). The molecule has 0 radical (unpaired) electrons. The first-order valence-electron chi connectivity index (χ1n) is 11.4. The van der Waals surface area contributed by atoms with Gasteiger partial charge in [0, 0.05) is 6.54 Å². The van der Waals surface area contributed by atoms with Crippen LogP contribution >= 0.6 is 0 Å². The second kappa shape index (κ2) is 10.4. The Morgan fingerprint density at radius 1 is 1.12 bits per heavy atom. The summed E-state index contributed by atoms with van der Waals surface area (Å²) in [5.74, 6) is 0.524. The summed E-state index contributed by atoms with van der Waals surface area (Å²) in [6.07, 6.45) is 3.40. The van der Waals surface area contributed by atoms with Crippen LogP contribution in [0, 0.1) is 19.8 Å². The highest BCUT2D eigenvalue weighted by atomic mass is 32.2. The second-order valence-corrected chi connectivity index (χ2v) is 10.5. The van der Waals surface area contributed by atoms with Crippen LogP contribution in [0.4, 0.5) is 5.69 Å². The van der Waals surface area contributed by atoms with Crippen LogP contribution in [-0.4, -0.2) is 33.5 Å². The predicted octanol–water partition coefficient (Wildman–Crippen LogP) is 4.59. The molecule has 0 saturated heterocycles. The first-order chi connectivity index (χ1) is 15.3. The van der Waals surface area contributed by atoms with Crippen LogP contribution in [0.1, 0.15) is 50.7 Å². The van der Waals surface area contributed by atoms with Gasteiger partial charge in [0.25, 0.3) is 15.9 Å². The van der Waals surface area contributed by atoms with Crippen molar-refractivity contribution in [1.82, 2.24) is 5.32 Å². The summed E-state index contributed by atoms with van der Waals surface area (Å²) in [7, 11) is -3.85. The average molecular weight is 459 g/mol. The molecule has 0 spiro atoms. The van der Waals surface area contributed by atoms with Crippen molar-refractivity contribution in [3.8, 4) is 5.75 Å². The number of ether oxygens (including phenoxy) is 1. The van der Waals surface area contributed by atoms with E-state index < -0.39 is 16.1 Å². The van der Waals surface area contributed by atoms with Crippen LogP contribution in [0.3, 0.4) is 0 Å². The van der Waals surface area contributed by atoms with Gasteiger partial charge in [-0.3, -0.25) is 9.10 Å². The largest absolute Gasteiger partial charge is 0.476 e. The maximum Gasteiger partial charge on any atom is 0.264 e. The highest BCUT2D eigenvalue weighted by Crippen LogP contribution is 2.37. The number of anilines is 1. The minimum Gasteiger partial charge on any atom is -0.476 e. The molecular formula is C25H34N2O4S. The number of benzene rings is 2. The summed E-state index contributed by atoms with van der Waals surface area (Å²) >= 11 is 0. The van der Waals surface area contributed by atoms with Crippen molar-refractivity contribution in [1.29, 1.82) is 0 Å². The summed E-state index contributed by atoms with van der Waals surface area (Å²) in [5.41, 5.74) is 2.36. The summed E-state index contributed by atoms with van der Waals surface area (Å²) in [6.45, 7) is 8.59. The highest BCUT2D eigenvalue weighted by Gasteiger charge is 2.37. The van der Waals surface area contributed by atoms with Crippen LogP contribution in [0.2, 0.25) is 0 Å². The fraction of sp³-hybridized carbons (Fsp3) is 0.480. The lowest BCUT2D eigenvalue weighted by atomic mass is 9.99. The fourth-order valence-corrected chi connectivity index (χ4v) is 5.33. The number of unbranched alkanes of at least 4 members (excludes halogenated alkanes) is 1. The number of nitrogens with zero attached hydrogens (tertiary/aromatic N) is 1. The molecule has 0 unspecified atom stereocenters. The van der Waals surface area contributed by atoms with E-state index in [-0.39, 0.29) is 17.3 Å². The van der Waals surface area contributed by atoms with Gasteiger partial charge in [-0.2, -0.15) is 0 Å². The van der Waals surface area contributed by atoms with Gasteiger partial charge in [-0.05, 0) is 56.0 Å². The third kappa shape index (κ3) is 5.44. The normalized spacial score (nSPS) is 16.8. The quantitative estimate of drug-likeness (QED) is 0.596. The molecule has 174 valence electrons. The van der Waals surface area contributed by atoms with E-state index in [1.807, 2.05) is 19.9 Å². The zero-order chi connectivity index (χ0) is 23.3. The van der Waals surface area contributed by atoms with Crippen molar-refractivity contribution in [2.75, 3.05) is 17.4 Å². The number of rotatable bonds is 9. The number of carbonyl (C=O) groups is 1. The molecule has 32 heavy (non-hydrogen) atoms. The molecular weight excluding hydrogens is 424 g/mol. The average Bonchev–Trinajstić information content (AvgIpc) is 2.78. The molecule has 6 nitrogen and oxygen atoms in total. The number of hydrogen-bond donors (Lipinski definition) is 1. The molecule has 0 bridgehead atoms. The molecule has 7 heteroatoms. The van der Waals surface area contributed by atoms with Gasteiger partial charge >= 0.3 is 0 Å². The number of amides is 1. The lowest BCUT2D eigenvalue weighted by Gasteiger charge is -2.35. The Balaban J connectivity index is 1.85. The third-order valence-electron chi connectivity index (χ3n) is 5.99. The number of nitrogens with one attached hydrogen (secondary N) is 1. The minimum atomic E-state index is -3.85. The smallest absolute Gasteiger partial charge is 0.264 e. The number of hydrogen-bond acceptors (Lipinski definition) is 4. The van der Waals surface area contributed by atoms with E-state index in [2.05, 4.69) is 19.2 Å². The van der Waals surface area contributed by atoms with E-state index in [9.17, 15) is 13.2 Å². The number of carbonyl (C=O) groups excluding carboxylic acids is 1. The van der Waals surface area contributed by atoms with E-state index in [0.29, 0.717) is 23.9 Å². The van der Waals surface area contributed by atoms with Gasteiger partial charge in [-0.1, -0.05) is 56.9 Å². The molecule has 1 N–H and O–H groups in total. The molecule has 0 aromatic heterocycles. The second-order valence-electron chi connectivity index (χ2n) is 8.59. The van der Waals surface area contributed by atoms with Crippen molar-refractivity contribution in [3.63, 3.8) is 0 Å². The van der Waals surface area contributed by atoms with E-state index in [4.69, 9.17) is 4.74 Å². The number of sulfonamides is 1. The van der Waals surface area contributed by atoms with Crippen LogP contribution in [0.15, 0.2) is 47.4 Å². The maximum absolute atomic E-state index is 13.5. The summed E-state index contributed by atoms with van der Waals surface area (Å²) in [6, 6.07) is 12.1. The Morgan fingerprint density at radius 2 is 1.81 bits per heavy atom. The molecule has 0 saturated carbocycles. The Morgan fingerprint density at radius 3 is 2.47 bits per heavy atom. The molecule has 1 heterocycles. The van der Waals surface area contributed by atoms with Crippen LogP contribution in [0.5, 0.6) is 5.75 Å². The van der Waals surface area contributed by atoms with E-state index in [1.165, 1.54) is 4.31 Å². The van der Waals surface area contributed by atoms with Crippen molar-refractivity contribution < 1.29 is 17.9 Å². The van der Waals surface area contributed by atoms with Gasteiger partial charge < -0.3 is 10.1 Å². The van der Waals surface area contributed by atoms with E-state index in [0.717, 1.165) is 36.8 Å². The molecule has 1 aliphatic heterocycles. The minimum absolute atomic E-state index is 0.0652. The standard InChI is InChI=1S/C25H34N2O4S/c1-5-7-8-20(6-2)16-26-25(28)24-17-27(22-15-19(4)11-14-23(22)31-24)32(29,30)21-12-9-18(3)10-13-21/h9-15,20,24H,5-8,16-17H2,1-4H3,(H,26,28)/t20-,24+/m1/s1. The van der Waals surface area contributed by atoms with Crippen LogP contribution in [-0.2, 0) is 14.8 Å². The Labute approximate surface area is 192 Å². The lowest BCUT2D eigenvalue weighted by molar-refractivity contribution is -0.127. The number of aryl methyl sites for hydroxylation is 2. The highest BCUT2D eigenvalue weighted by molar-refractivity contribution is 7.92. The predicted molar refractivity (Wildman–Crippen MR) is 128 cm³/mol.